The van der Waals surface area contributed by atoms with Crippen LogP contribution in [0, 0.1) is 11.8 Å². The van der Waals surface area contributed by atoms with E-state index in [1.807, 2.05) is 24.3 Å². The highest BCUT2D eigenvalue weighted by molar-refractivity contribution is 9.10. The first-order valence-electron chi connectivity index (χ1n) is 10.5. The monoisotopic (exact) mass is 446 g/mol. The molecule has 3 nitrogen and oxygen atoms in total. The Kier molecular flexibility index (Phi) is 3.98. The smallest absolute Gasteiger partial charge is 0.255 e. The lowest BCUT2D eigenvalue weighted by molar-refractivity contribution is 0.102. The number of benzene rings is 2. The number of carbonyl (C=O) groups is 1. The van der Waals surface area contributed by atoms with Gasteiger partial charge in [0.05, 0.1) is 0 Å². The van der Waals surface area contributed by atoms with E-state index in [4.69, 9.17) is 0 Å². The van der Waals surface area contributed by atoms with Crippen LogP contribution >= 0.6 is 15.9 Å². The Bertz CT molecular complexity index is 1000. The van der Waals surface area contributed by atoms with E-state index in [9.17, 15) is 4.79 Å². The van der Waals surface area contributed by atoms with Crippen LogP contribution in [-0.2, 0) is 0 Å². The molecule has 0 spiro atoms. The predicted molar refractivity (Wildman–Crippen MR) is 121 cm³/mol. The quantitative estimate of drug-likeness (QED) is 0.586. The second-order valence-corrected chi connectivity index (χ2v) is 9.68. The number of anilines is 2. The molecule has 4 unspecified atom stereocenters. The molecule has 2 heterocycles. The van der Waals surface area contributed by atoms with Crippen molar-refractivity contribution in [3.8, 4) is 0 Å². The molecule has 0 saturated heterocycles. The zero-order chi connectivity index (χ0) is 19.5. The number of fused-ring (bicyclic) bond motifs is 4. The van der Waals surface area contributed by atoms with Gasteiger partial charge < -0.3 is 10.2 Å². The maximum absolute atomic E-state index is 13.2. The minimum absolute atomic E-state index is 0.0221. The Balaban J connectivity index is 1.44. The molecule has 0 aromatic heterocycles. The van der Waals surface area contributed by atoms with E-state index in [0.29, 0.717) is 23.7 Å². The number of rotatable bonds is 2. The Hall–Kier alpha value is -2.33. The fourth-order valence-corrected chi connectivity index (χ4v) is 6.01. The Morgan fingerprint density at radius 3 is 2.10 bits per heavy atom. The van der Waals surface area contributed by atoms with Crippen molar-refractivity contribution in [2.45, 2.75) is 24.7 Å². The average Bonchev–Trinajstić information content (AvgIpc) is 3.39. The molecule has 0 saturated carbocycles. The molecule has 6 rings (SSSR count). The normalized spacial score (nSPS) is 28.1. The van der Waals surface area contributed by atoms with Gasteiger partial charge >= 0.3 is 0 Å². The highest BCUT2D eigenvalue weighted by Crippen LogP contribution is 2.53. The van der Waals surface area contributed by atoms with Crippen LogP contribution in [0.3, 0.4) is 0 Å². The van der Waals surface area contributed by atoms with Crippen molar-refractivity contribution in [1.82, 2.24) is 0 Å². The number of amides is 1. The molecule has 2 aliphatic carbocycles. The molecule has 146 valence electrons. The zero-order valence-electron chi connectivity index (χ0n) is 16.1. The van der Waals surface area contributed by atoms with Gasteiger partial charge in [-0.05, 0) is 72.2 Å². The lowest BCUT2D eigenvalue weighted by atomic mass is 9.74. The maximum atomic E-state index is 13.2. The molecule has 4 aliphatic rings. The molecule has 29 heavy (non-hydrogen) atoms. The summed E-state index contributed by atoms with van der Waals surface area (Å²) < 4.78 is 1.01. The number of nitrogens with zero attached hydrogens (tertiary/aromatic N) is 1. The summed E-state index contributed by atoms with van der Waals surface area (Å²) in [6.45, 7) is 2.29. The van der Waals surface area contributed by atoms with Gasteiger partial charge in [-0.3, -0.25) is 4.79 Å². The third-order valence-electron chi connectivity index (χ3n) is 7.06. The largest absolute Gasteiger partial charge is 0.370 e. The molecule has 1 amide bonds. The lowest BCUT2D eigenvalue weighted by Gasteiger charge is -2.46. The van der Waals surface area contributed by atoms with Crippen molar-refractivity contribution in [1.29, 1.82) is 0 Å². The van der Waals surface area contributed by atoms with E-state index in [1.165, 1.54) is 16.8 Å². The van der Waals surface area contributed by atoms with Gasteiger partial charge in [-0.15, -0.1) is 0 Å². The summed E-state index contributed by atoms with van der Waals surface area (Å²) in [5.41, 5.74) is 5.72. The van der Waals surface area contributed by atoms with E-state index < -0.39 is 0 Å². The van der Waals surface area contributed by atoms with Crippen LogP contribution in [-0.4, -0.2) is 19.0 Å². The summed E-state index contributed by atoms with van der Waals surface area (Å²) in [6, 6.07) is 12.1. The van der Waals surface area contributed by atoms with Crippen molar-refractivity contribution in [2.24, 2.45) is 11.8 Å². The van der Waals surface area contributed by atoms with Crippen LogP contribution in [0.2, 0.25) is 0 Å². The second-order valence-electron chi connectivity index (χ2n) is 8.77. The fraction of sp³-hybridized carbons (Fsp3) is 0.320. The van der Waals surface area contributed by atoms with E-state index in [-0.39, 0.29) is 5.91 Å². The molecular formula is C25H23BrN2O. The zero-order valence-corrected chi connectivity index (χ0v) is 17.7. The molecule has 4 atom stereocenters. The third-order valence-corrected chi connectivity index (χ3v) is 7.59. The van der Waals surface area contributed by atoms with Crippen LogP contribution in [0.4, 0.5) is 11.4 Å². The van der Waals surface area contributed by atoms with Crippen molar-refractivity contribution < 1.29 is 4.79 Å². The highest BCUT2D eigenvalue weighted by Gasteiger charge is 2.42. The first-order chi connectivity index (χ1) is 14.2. The topological polar surface area (TPSA) is 32.3 Å². The molecule has 2 aromatic rings. The van der Waals surface area contributed by atoms with E-state index in [0.717, 1.165) is 41.7 Å². The molecule has 2 aliphatic heterocycles. The van der Waals surface area contributed by atoms with E-state index in [2.05, 4.69) is 62.6 Å². The molecule has 1 N–H and O–H groups in total. The van der Waals surface area contributed by atoms with Crippen molar-refractivity contribution >= 4 is 33.2 Å². The number of hydrogen-bond acceptors (Lipinski definition) is 2. The Morgan fingerprint density at radius 2 is 1.52 bits per heavy atom. The number of hydrogen-bond donors (Lipinski definition) is 1. The van der Waals surface area contributed by atoms with Gasteiger partial charge in [-0.1, -0.05) is 40.2 Å². The SMILES string of the molecule is O=C(Nc1ccc(Br)cc1)c1cc2c3c(c1)C1C=CCC1CN3CC1CC=CC21. The fourth-order valence-electron chi connectivity index (χ4n) is 5.74. The van der Waals surface area contributed by atoms with Gasteiger partial charge in [0.2, 0.25) is 0 Å². The van der Waals surface area contributed by atoms with Gasteiger partial charge in [-0.2, -0.15) is 0 Å². The van der Waals surface area contributed by atoms with Gasteiger partial charge in [-0.25, -0.2) is 0 Å². The third kappa shape index (κ3) is 2.80. The van der Waals surface area contributed by atoms with Crippen molar-refractivity contribution in [3.63, 3.8) is 0 Å². The minimum Gasteiger partial charge on any atom is -0.370 e. The minimum atomic E-state index is -0.0221. The van der Waals surface area contributed by atoms with Crippen molar-refractivity contribution in [2.75, 3.05) is 23.3 Å². The summed E-state index contributed by atoms with van der Waals surface area (Å²) in [4.78, 5) is 15.8. The molecule has 2 aromatic carbocycles. The lowest BCUT2D eigenvalue weighted by Crippen LogP contribution is -2.43. The van der Waals surface area contributed by atoms with E-state index in [1.54, 1.807) is 0 Å². The number of nitrogens with one attached hydrogen (secondary N) is 1. The predicted octanol–water partition coefficient (Wildman–Crippen LogP) is 5.85. The summed E-state index contributed by atoms with van der Waals surface area (Å²) in [5, 5.41) is 3.08. The molecule has 0 fully saturated rings. The first kappa shape index (κ1) is 17.5. The van der Waals surface area contributed by atoms with Crippen molar-refractivity contribution in [3.05, 3.63) is 81.9 Å². The van der Waals surface area contributed by atoms with Crippen LogP contribution in [0.1, 0.15) is 46.2 Å². The van der Waals surface area contributed by atoms with E-state index >= 15 is 0 Å². The average molecular weight is 447 g/mol. The summed E-state index contributed by atoms with van der Waals surface area (Å²) >= 11 is 3.45. The summed E-state index contributed by atoms with van der Waals surface area (Å²) in [5.74, 6) is 2.16. The number of carbonyl (C=O) groups excluding carboxylic acids is 1. The number of halogens is 1. The van der Waals surface area contributed by atoms with Gasteiger partial charge in [0.15, 0.2) is 0 Å². The van der Waals surface area contributed by atoms with Crippen LogP contribution in [0.5, 0.6) is 0 Å². The molecule has 4 heteroatoms. The van der Waals surface area contributed by atoms with Crippen LogP contribution in [0.15, 0.2) is 65.2 Å². The standard InChI is InChI=1S/C25H23BrN2O/c26-18-7-9-19(10-8-18)27-25(29)17-11-22-20-5-1-3-15(20)13-28-14-16-4-2-6-21(16)23(12-17)24(22)28/h1-2,5-12,15-16,20-21H,3-4,13-14H2,(H,27,29). The highest BCUT2D eigenvalue weighted by atomic mass is 79.9. The van der Waals surface area contributed by atoms with Crippen LogP contribution < -0.4 is 10.2 Å². The summed E-state index contributed by atoms with van der Waals surface area (Å²) in [6.07, 6.45) is 11.7. The molecular weight excluding hydrogens is 424 g/mol. The number of allylic oxidation sites excluding steroid dienone is 4. The maximum Gasteiger partial charge on any atom is 0.255 e. The second kappa shape index (κ2) is 6.60. The van der Waals surface area contributed by atoms with Gasteiger partial charge in [0.25, 0.3) is 5.91 Å². The van der Waals surface area contributed by atoms with Gasteiger partial charge in [0, 0.05) is 46.3 Å². The Morgan fingerprint density at radius 1 is 0.931 bits per heavy atom. The first-order valence-corrected chi connectivity index (χ1v) is 11.3. The van der Waals surface area contributed by atoms with Crippen LogP contribution in [0.25, 0.3) is 0 Å². The van der Waals surface area contributed by atoms with Gasteiger partial charge in [0.1, 0.15) is 0 Å². The molecule has 0 bridgehead atoms. The molecule has 0 radical (unpaired) electrons. The Labute approximate surface area is 179 Å². The summed E-state index contributed by atoms with van der Waals surface area (Å²) in [7, 11) is 0.